The van der Waals surface area contributed by atoms with Crippen LogP contribution in [0, 0.1) is 5.92 Å². The lowest BCUT2D eigenvalue weighted by Gasteiger charge is -2.33. The molecule has 0 aromatic carbocycles. The molecule has 2 heterocycles. The summed E-state index contributed by atoms with van der Waals surface area (Å²) in [5, 5.41) is 7.00. The normalized spacial score (nSPS) is 18.2. The van der Waals surface area contributed by atoms with Gasteiger partial charge in [0.25, 0.3) is 0 Å². The van der Waals surface area contributed by atoms with Gasteiger partial charge < -0.3 is 4.90 Å². The number of nitrogens with zero attached hydrogens (tertiary/aromatic N) is 4. The number of halogens is 5. The van der Waals surface area contributed by atoms with Gasteiger partial charge in [-0.05, 0) is 24.4 Å². The van der Waals surface area contributed by atoms with Gasteiger partial charge in [0.05, 0.1) is 5.92 Å². The van der Waals surface area contributed by atoms with E-state index in [0.29, 0.717) is 0 Å². The highest BCUT2D eigenvalue weighted by atomic mass is 35.5. The average Bonchev–Trinajstić information content (AvgIpc) is 2.31. The van der Waals surface area contributed by atoms with Crippen molar-refractivity contribution in [3.63, 3.8) is 0 Å². The number of rotatable bonds is 1. The monoisotopic (exact) mass is 300 g/mol. The summed E-state index contributed by atoms with van der Waals surface area (Å²) >= 11 is 11.4. The summed E-state index contributed by atoms with van der Waals surface area (Å²) in [5.74, 6) is -0.977. The first-order valence-corrected chi connectivity index (χ1v) is 6.01. The molecule has 1 aliphatic rings. The Kier molecular flexibility index (Phi) is 3.82. The summed E-state index contributed by atoms with van der Waals surface area (Å²) in [6.07, 6.45) is -4.11. The van der Waals surface area contributed by atoms with Gasteiger partial charge in [-0.25, -0.2) is 0 Å². The molecule has 1 aliphatic heterocycles. The van der Waals surface area contributed by atoms with Crippen molar-refractivity contribution in [3.8, 4) is 0 Å². The van der Waals surface area contributed by atoms with Crippen molar-refractivity contribution in [2.24, 2.45) is 5.92 Å². The Bertz CT molecular complexity index is 432. The Morgan fingerprint density at radius 1 is 1.11 bits per heavy atom. The van der Waals surface area contributed by atoms with Crippen LogP contribution < -0.4 is 4.90 Å². The lowest BCUT2D eigenvalue weighted by molar-refractivity contribution is -0.179. The van der Waals surface area contributed by atoms with E-state index in [9.17, 15) is 13.2 Å². The molecule has 0 saturated carbocycles. The third kappa shape index (κ3) is 2.95. The Labute approximate surface area is 111 Å². The minimum absolute atomic E-state index is 0.0153. The van der Waals surface area contributed by atoms with Gasteiger partial charge in [0.1, 0.15) is 0 Å². The summed E-state index contributed by atoms with van der Waals surface area (Å²) in [6.45, 7) is 0.442. The summed E-state index contributed by atoms with van der Waals surface area (Å²) in [4.78, 5) is 5.53. The Balaban J connectivity index is 2.08. The molecule has 0 spiro atoms. The molecule has 0 unspecified atom stereocenters. The molecule has 0 N–H and O–H groups in total. The van der Waals surface area contributed by atoms with Crippen LogP contribution in [-0.2, 0) is 0 Å². The van der Waals surface area contributed by atoms with Crippen LogP contribution in [0.5, 0.6) is 0 Å². The van der Waals surface area contributed by atoms with Crippen molar-refractivity contribution in [3.05, 3.63) is 10.4 Å². The van der Waals surface area contributed by atoms with Gasteiger partial charge in [0.15, 0.2) is 11.0 Å². The largest absolute Gasteiger partial charge is 0.391 e. The van der Waals surface area contributed by atoms with E-state index in [1.807, 2.05) is 0 Å². The molecule has 4 nitrogen and oxygen atoms in total. The quantitative estimate of drug-likeness (QED) is 0.800. The topological polar surface area (TPSA) is 41.9 Å². The smallest absolute Gasteiger partial charge is 0.354 e. The summed E-state index contributed by atoms with van der Waals surface area (Å²) in [7, 11) is 0. The fourth-order valence-electron chi connectivity index (χ4n) is 1.91. The molecule has 2 rings (SSSR count). The van der Waals surface area contributed by atoms with Crippen molar-refractivity contribution in [2.45, 2.75) is 19.0 Å². The minimum Gasteiger partial charge on any atom is -0.354 e. The van der Waals surface area contributed by atoms with Gasteiger partial charge in [-0.2, -0.15) is 18.2 Å². The van der Waals surface area contributed by atoms with Gasteiger partial charge in [-0.1, -0.05) is 11.6 Å². The molecule has 1 saturated heterocycles. The van der Waals surface area contributed by atoms with Crippen LogP contribution in [-0.4, -0.2) is 34.4 Å². The summed E-state index contributed by atoms with van der Waals surface area (Å²) in [6, 6.07) is 0. The fraction of sp³-hybridized carbons (Fsp3) is 0.667. The molecular formula is C9H9Cl2F3N4. The van der Waals surface area contributed by atoms with Gasteiger partial charge in [0.2, 0.25) is 5.28 Å². The van der Waals surface area contributed by atoms with Crippen molar-refractivity contribution >= 4 is 29.0 Å². The number of piperidine rings is 1. The average molecular weight is 301 g/mol. The van der Waals surface area contributed by atoms with Crippen molar-refractivity contribution < 1.29 is 13.2 Å². The van der Waals surface area contributed by atoms with E-state index in [1.165, 1.54) is 0 Å². The highest BCUT2D eigenvalue weighted by Crippen LogP contribution is 2.35. The number of anilines is 1. The number of alkyl halides is 3. The predicted molar refractivity (Wildman–Crippen MR) is 60.8 cm³/mol. The van der Waals surface area contributed by atoms with Gasteiger partial charge in [-0.15, -0.1) is 10.2 Å². The first-order chi connectivity index (χ1) is 8.38. The SMILES string of the molecule is FC(F)(F)C1CCN(c2nc(Cl)nnc2Cl)CC1. The predicted octanol–water partition coefficient (Wildman–Crippen LogP) is 2.96. The van der Waals surface area contributed by atoms with E-state index in [0.717, 1.165) is 0 Å². The third-order valence-electron chi connectivity index (χ3n) is 2.86. The highest BCUT2D eigenvalue weighted by molar-refractivity contribution is 6.32. The molecule has 0 aliphatic carbocycles. The van der Waals surface area contributed by atoms with E-state index >= 15 is 0 Å². The maximum atomic E-state index is 12.5. The second kappa shape index (κ2) is 5.05. The fourth-order valence-corrected chi connectivity index (χ4v) is 2.22. The molecule has 0 atom stereocenters. The number of hydrogen-bond acceptors (Lipinski definition) is 4. The Morgan fingerprint density at radius 3 is 2.28 bits per heavy atom. The number of hydrogen-bond donors (Lipinski definition) is 0. The first kappa shape index (κ1) is 13.6. The zero-order valence-corrected chi connectivity index (χ0v) is 10.6. The second-order valence-corrected chi connectivity index (χ2v) is 4.69. The molecule has 0 bridgehead atoms. The van der Waals surface area contributed by atoms with Crippen LogP contribution in [0.1, 0.15) is 12.8 Å². The first-order valence-electron chi connectivity index (χ1n) is 5.25. The Hall–Kier alpha value is -0.820. The summed E-state index contributed by atoms with van der Waals surface area (Å²) < 4.78 is 37.5. The van der Waals surface area contributed by atoms with E-state index in [4.69, 9.17) is 23.2 Å². The maximum Gasteiger partial charge on any atom is 0.391 e. The van der Waals surface area contributed by atoms with Crippen LogP contribution in [0.25, 0.3) is 0 Å². The third-order valence-corrected chi connectivity index (χ3v) is 3.27. The van der Waals surface area contributed by atoms with E-state index < -0.39 is 12.1 Å². The van der Waals surface area contributed by atoms with Gasteiger partial charge in [0, 0.05) is 13.1 Å². The maximum absolute atomic E-state index is 12.5. The van der Waals surface area contributed by atoms with Crippen LogP contribution in [0.3, 0.4) is 0 Å². The molecule has 1 aromatic rings. The number of aromatic nitrogens is 3. The standard InChI is InChI=1S/C9H9Cl2F3N4/c10-6-7(15-8(11)17-16-6)18-3-1-5(2-4-18)9(12,13)14/h5H,1-4H2. The summed E-state index contributed by atoms with van der Waals surface area (Å²) in [5.41, 5.74) is 0. The zero-order valence-electron chi connectivity index (χ0n) is 9.08. The van der Waals surface area contributed by atoms with E-state index in [-0.39, 0.29) is 42.2 Å². The highest BCUT2D eigenvalue weighted by Gasteiger charge is 2.41. The van der Waals surface area contributed by atoms with Crippen molar-refractivity contribution in [1.29, 1.82) is 0 Å². The zero-order chi connectivity index (χ0) is 13.3. The molecule has 0 radical (unpaired) electrons. The molecule has 1 fully saturated rings. The minimum atomic E-state index is -4.14. The van der Waals surface area contributed by atoms with E-state index in [1.54, 1.807) is 4.90 Å². The van der Waals surface area contributed by atoms with Crippen molar-refractivity contribution in [2.75, 3.05) is 18.0 Å². The lowest BCUT2D eigenvalue weighted by atomic mass is 9.96. The van der Waals surface area contributed by atoms with Crippen molar-refractivity contribution in [1.82, 2.24) is 15.2 Å². The molecule has 9 heteroatoms. The van der Waals surface area contributed by atoms with E-state index in [2.05, 4.69) is 15.2 Å². The van der Waals surface area contributed by atoms with Crippen LogP contribution >= 0.6 is 23.2 Å². The molecular weight excluding hydrogens is 292 g/mol. The molecule has 18 heavy (non-hydrogen) atoms. The van der Waals surface area contributed by atoms with Gasteiger partial charge >= 0.3 is 6.18 Å². The van der Waals surface area contributed by atoms with Crippen LogP contribution in [0.4, 0.5) is 19.0 Å². The molecule has 0 amide bonds. The molecule has 100 valence electrons. The molecule has 1 aromatic heterocycles. The van der Waals surface area contributed by atoms with Gasteiger partial charge in [-0.3, -0.25) is 0 Å². The Morgan fingerprint density at radius 2 is 1.72 bits per heavy atom. The lowest BCUT2D eigenvalue weighted by Crippen LogP contribution is -2.39. The second-order valence-electron chi connectivity index (χ2n) is 4.00. The van der Waals surface area contributed by atoms with Crippen LogP contribution in [0.2, 0.25) is 10.4 Å². The van der Waals surface area contributed by atoms with Crippen LogP contribution in [0.15, 0.2) is 0 Å².